The molecule has 1 aromatic carbocycles. The number of anilines is 2. The number of likely N-dealkylation sites (N-methyl/N-ethyl adjacent to an activating group) is 1. The van der Waals surface area contributed by atoms with Crippen LogP contribution in [0.4, 0.5) is 15.2 Å². The van der Waals surface area contributed by atoms with Crippen molar-refractivity contribution < 1.29 is 12.8 Å². The minimum atomic E-state index is -4.11. The molecule has 32 heavy (non-hydrogen) atoms. The van der Waals surface area contributed by atoms with Crippen molar-refractivity contribution in [1.82, 2.24) is 14.8 Å². The van der Waals surface area contributed by atoms with Gasteiger partial charge in [-0.1, -0.05) is 11.6 Å². The number of hydrogen-bond acceptors (Lipinski definition) is 7. The highest BCUT2D eigenvalue weighted by Crippen LogP contribution is 2.32. The highest BCUT2D eigenvalue weighted by molar-refractivity contribution is 7.93. The van der Waals surface area contributed by atoms with Crippen molar-refractivity contribution in [2.24, 2.45) is 5.92 Å². The number of nitrogens with zero attached hydrogens (tertiary/aromatic N) is 3. The van der Waals surface area contributed by atoms with Crippen LogP contribution in [0.2, 0.25) is 5.02 Å². The van der Waals surface area contributed by atoms with Gasteiger partial charge in [0.05, 0.1) is 10.7 Å². The molecule has 1 saturated heterocycles. The van der Waals surface area contributed by atoms with E-state index in [1.165, 1.54) is 19.0 Å². The molecule has 0 spiro atoms. The van der Waals surface area contributed by atoms with Gasteiger partial charge in [0.2, 0.25) is 0 Å². The van der Waals surface area contributed by atoms with Crippen LogP contribution in [0.5, 0.6) is 0 Å². The summed E-state index contributed by atoms with van der Waals surface area (Å²) in [7, 11) is -1.93. The molecule has 1 aliphatic heterocycles. The Morgan fingerprint density at radius 2 is 1.91 bits per heavy atom. The second kappa shape index (κ2) is 10.2. The maximum Gasteiger partial charge on any atom is 0.266 e. The minimum Gasteiger partial charge on any atom is -0.383 e. The van der Waals surface area contributed by atoms with Crippen LogP contribution in [0.3, 0.4) is 0 Å². The van der Waals surface area contributed by atoms with Crippen LogP contribution >= 0.6 is 22.9 Å². The van der Waals surface area contributed by atoms with Gasteiger partial charge in [-0.25, -0.2) is 17.8 Å². The van der Waals surface area contributed by atoms with E-state index in [9.17, 15) is 12.8 Å². The third kappa shape index (κ3) is 5.72. The molecular formula is C21H29ClFN5O2S2. The first-order valence-corrected chi connectivity index (χ1v) is 13.6. The zero-order valence-electron chi connectivity index (χ0n) is 18.1. The first-order valence-electron chi connectivity index (χ1n) is 10.9. The van der Waals surface area contributed by atoms with Crippen molar-refractivity contribution in [3.8, 4) is 0 Å². The van der Waals surface area contributed by atoms with Gasteiger partial charge in [0.25, 0.3) is 10.0 Å². The largest absolute Gasteiger partial charge is 0.383 e. The molecule has 1 aliphatic carbocycles. The molecule has 7 nitrogen and oxygen atoms in total. The highest BCUT2D eigenvalue weighted by atomic mass is 35.5. The van der Waals surface area contributed by atoms with Crippen LogP contribution in [0.15, 0.2) is 28.6 Å². The van der Waals surface area contributed by atoms with Crippen LogP contribution in [0, 0.1) is 11.7 Å². The third-order valence-electron chi connectivity index (χ3n) is 6.42. The van der Waals surface area contributed by atoms with Gasteiger partial charge in [-0.05, 0) is 50.8 Å². The topological polar surface area (TPSA) is 77.6 Å². The minimum absolute atomic E-state index is 0.176. The Hall–Kier alpha value is -1.46. The van der Waals surface area contributed by atoms with Crippen molar-refractivity contribution in [3.63, 3.8) is 0 Å². The first kappa shape index (κ1) is 23.7. The Morgan fingerprint density at radius 1 is 1.19 bits per heavy atom. The number of piperazine rings is 1. The van der Waals surface area contributed by atoms with E-state index in [1.807, 2.05) is 0 Å². The molecule has 2 heterocycles. The van der Waals surface area contributed by atoms with E-state index >= 15 is 0 Å². The SMILES string of the molecule is CN1CCN(C2CCC(CNc3cc(F)c(S(=O)(=O)Nc4nccs4)cc3Cl)CC2)CC1. The van der Waals surface area contributed by atoms with E-state index in [0.29, 0.717) is 24.2 Å². The summed E-state index contributed by atoms with van der Waals surface area (Å²) in [4.78, 5) is 8.38. The highest BCUT2D eigenvalue weighted by Gasteiger charge is 2.28. The van der Waals surface area contributed by atoms with Crippen molar-refractivity contribution in [2.75, 3.05) is 49.8 Å². The fourth-order valence-electron chi connectivity index (χ4n) is 4.47. The zero-order valence-corrected chi connectivity index (χ0v) is 20.4. The van der Waals surface area contributed by atoms with E-state index in [4.69, 9.17) is 11.6 Å². The van der Waals surface area contributed by atoms with Gasteiger partial charge in [-0.15, -0.1) is 11.3 Å². The number of thiazole rings is 1. The summed E-state index contributed by atoms with van der Waals surface area (Å²) in [5.41, 5.74) is 0.415. The smallest absolute Gasteiger partial charge is 0.266 e. The number of aromatic nitrogens is 1. The van der Waals surface area contributed by atoms with Crippen LogP contribution in [-0.4, -0.2) is 69.0 Å². The molecule has 0 radical (unpaired) electrons. The number of rotatable bonds is 7. The lowest BCUT2D eigenvalue weighted by atomic mass is 9.85. The van der Waals surface area contributed by atoms with Gasteiger partial charge in [-0.3, -0.25) is 9.62 Å². The average Bonchev–Trinajstić information content (AvgIpc) is 3.27. The standard InChI is InChI=1S/C21H29ClFN5O2S2/c1-27-7-9-28(10-8-27)16-4-2-15(3-5-16)14-25-19-13-18(23)20(12-17(19)22)32(29,30)26-21-24-6-11-31-21/h6,11-13,15-16,25H,2-5,7-10,14H2,1H3,(H,24,26). The van der Waals surface area contributed by atoms with Crippen molar-refractivity contribution in [3.05, 3.63) is 34.5 Å². The molecule has 0 bridgehead atoms. The van der Waals surface area contributed by atoms with E-state index in [0.717, 1.165) is 62.5 Å². The first-order chi connectivity index (χ1) is 15.3. The summed E-state index contributed by atoms with van der Waals surface area (Å²) in [5, 5.41) is 5.22. The number of benzene rings is 1. The van der Waals surface area contributed by atoms with E-state index < -0.39 is 20.7 Å². The molecule has 1 saturated carbocycles. The predicted octanol–water partition coefficient (Wildman–Crippen LogP) is 3.95. The van der Waals surface area contributed by atoms with Crippen LogP contribution in [0.25, 0.3) is 0 Å². The summed E-state index contributed by atoms with van der Waals surface area (Å²) in [6.45, 7) is 5.25. The zero-order chi connectivity index (χ0) is 22.7. The monoisotopic (exact) mass is 501 g/mol. The normalized spacial score (nSPS) is 23.2. The number of hydrogen-bond donors (Lipinski definition) is 2. The lowest BCUT2D eigenvalue weighted by Crippen LogP contribution is -2.50. The van der Waals surface area contributed by atoms with Gasteiger partial charge >= 0.3 is 0 Å². The predicted molar refractivity (Wildman–Crippen MR) is 128 cm³/mol. The molecule has 176 valence electrons. The van der Waals surface area contributed by atoms with Gasteiger partial charge in [0, 0.05) is 50.3 Å². The summed E-state index contributed by atoms with van der Waals surface area (Å²) in [6.07, 6.45) is 6.07. The van der Waals surface area contributed by atoms with Crippen molar-refractivity contribution in [2.45, 2.75) is 36.6 Å². The van der Waals surface area contributed by atoms with Crippen LogP contribution in [-0.2, 0) is 10.0 Å². The van der Waals surface area contributed by atoms with E-state index in [-0.39, 0.29) is 10.2 Å². The molecule has 0 unspecified atom stereocenters. The van der Waals surface area contributed by atoms with Crippen molar-refractivity contribution in [1.29, 1.82) is 0 Å². The average molecular weight is 502 g/mol. The molecular weight excluding hydrogens is 473 g/mol. The third-order valence-corrected chi connectivity index (χ3v) is 8.90. The maximum atomic E-state index is 14.7. The molecule has 2 aliphatic rings. The second-order valence-electron chi connectivity index (χ2n) is 8.60. The Kier molecular flexibility index (Phi) is 7.56. The molecule has 2 aromatic rings. The number of nitrogens with one attached hydrogen (secondary N) is 2. The lowest BCUT2D eigenvalue weighted by Gasteiger charge is -2.41. The number of sulfonamides is 1. The Labute approximate surface area is 198 Å². The second-order valence-corrected chi connectivity index (χ2v) is 11.6. The van der Waals surface area contributed by atoms with Gasteiger partial charge in [0.1, 0.15) is 10.7 Å². The quantitative estimate of drug-likeness (QED) is 0.598. The lowest BCUT2D eigenvalue weighted by molar-refractivity contribution is 0.0826. The maximum absolute atomic E-state index is 14.7. The molecule has 2 fully saturated rings. The fraction of sp³-hybridized carbons (Fsp3) is 0.571. The molecule has 1 aromatic heterocycles. The van der Waals surface area contributed by atoms with E-state index in [1.54, 1.807) is 5.38 Å². The summed E-state index contributed by atoms with van der Waals surface area (Å²) in [5.74, 6) is -0.354. The van der Waals surface area contributed by atoms with Crippen LogP contribution < -0.4 is 10.0 Å². The van der Waals surface area contributed by atoms with Gasteiger partial charge in [0.15, 0.2) is 5.13 Å². The Morgan fingerprint density at radius 3 is 2.56 bits per heavy atom. The Bertz CT molecular complexity index is 1010. The van der Waals surface area contributed by atoms with Gasteiger partial charge < -0.3 is 10.2 Å². The number of halogens is 2. The fourth-order valence-corrected chi connectivity index (χ4v) is 6.64. The van der Waals surface area contributed by atoms with Crippen LogP contribution in [0.1, 0.15) is 25.7 Å². The molecule has 0 amide bonds. The molecule has 2 N–H and O–H groups in total. The summed E-state index contributed by atoms with van der Waals surface area (Å²) < 4.78 is 41.9. The van der Waals surface area contributed by atoms with E-state index in [2.05, 4.69) is 31.9 Å². The Balaban J connectivity index is 1.32. The molecule has 11 heteroatoms. The van der Waals surface area contributed by atoms with Crippen molar-refractivity contribution >= 4 is 43.8 Å². The van der Waals surface area contributed by atoms with Gasteiger partial charge in [-0.2, -0.15) is 0 Å². The summed E-state index contributed by atoms with van der Waals surface area (Å²) in [6, 6.07) is 2.98. The molecule has 4 rings (SSSR count). The summed E-state index contributed by atoms with van der Waals surface area (Å²) >= 11 is 7.41. The molecule has 0 atom stereocenters.